The SMILES string of the molecule is NC1C(=O)N(c2ccccc2)C1c1ccc(Cl)cc1. The molecule has 0 aromatic heterocycles. The van der Waals surface area contributed by atoms with Crippen molar-refractivity contribution in [2.24, 2.45) is 5.73 Å². The highest BCUT2D eigenvalue weighted by molar-refractivity contribution is 6.30. The Hall–Kier alpha value is -1.84. The van der Waals surface area contributed by atoms with Crippen LogP contribution in [-0.4, -0.2) is 11.9 Å². The van der Waals surface area contributed by atoms with Crippen molar-refractivity contribution < 1.29 is 4.79 Å². The molecule has 1 fully saturated rings. The molecule has 19 heavy (non-hydrogen) atoms. The van der Waals surface area contributed by atoms with E-state index in [1.807, 2.05) is 54.6 Å². The quantitative estimate of drug-likeness (QED) is 0.855. The third kappa shape index (κ3) is 2.01. The van der Waals surface area contributed by atoms with Crippen LogP contribution in [0.25, 0.3) is 0 Å². The number of benzene rings is 2. The van der Waals surface area contributed by atoms with Crippen molar-refractivity contribution in [1.29, 1.82) is 0 Å². The lowest BCUT2D eigenvalue weighted by Crippen LogP contribution is -2.63. The number of hydrogen-bond acceptors (Lipinski definition) is 2. The lowest BCUT2D eigenvalue weighted by molar-refractivity contribution is -0.126. The zero-order valence-corrected chi connectivity index (χ0v) is 10.9. The summed E-state index contributed by atoms with van der Waals surface area (Å²) >= 11 is 5.88. The Balaban J connectivity index is 1.96. The van der Waals surface area contributed by atoms with E-state index in [4.69, 9.17) is 17.3 Å². The van der Waals surface area contributed by atoms with Crippen molar-refractivity contribution >= 4 is 23.2 Å². The van der Waals surface area contributed by atoms with E-state index in [1.54, 1.807) is 4.90 Å². The maximum atomic E-state index is 12.0. The second kappa shape index (κ2) is 4.68. The van der Waals surface area contributed by atoms with Crippen LogP contribution < -0.4 is 10.6 Å². The molecule has 3 rings (SSSR count). The van der Waals surface area contributed by atoms with Crippen LogP contribution in [0.3, 0.4) is 0 Å². The molecular formula is C15H13ClN2O. The summed E-state index contributed by atoms with van der Waals surface area (Å²) in [6.07, 6.45) is 0. The Morgan fingerprint density at radius 2 is 1.63 bits per heavy atom. The first-order valence-electron chi connectivity index (χ1n) is 6.07. The minimum atomic E-state index is -0.485. The highest BCUT2D eigenvalue weighted by atomic mass is 35.5. The minimum Gasteiger partial charge on any atom is -0.318 e. The maximum absolute atomic E-state index is 12.0. The number of halogens is 1. The number of amides is 1. The highest BCUT2D eigenvalue weighted by Gasteiger charge is 2.46. The van der Waals surface area contributed by atoms with Crippen LogP contribution in [0, 0.1) is 0 Å². The molecule has 1 aliphatic heterocycles. The zero-order chi connectivity index (χ0) is 13.4. The number of rotatable bonds is 2. The third-order valence-corrected chi connectivity index (χ3v) is 3.64. The third-order valence-electron chi connectivity index (χ3n) is 3.39. The largest absolute Gasteiger partial charge is 0.318 e. The van der Waals surface area contributed by atoms with E-state index in [0.717, 1.165) is 11.3 Å². The average molecular weight is 273 g/mol. The second-order valence-corrected chi connectivity index (χ2v) is 5.00. The van der Waals surface area contributed by atoms with E-state index < -0.39 is 6.04 Å². The fourth-order valence-corrected chi connectivity index (χ4v) is 2.53. The lowest BCUT2D eigenvalue weighted by atomic mass is 9.88. The molecule has 1 aliphatic rings. The van der Waals surface area contributed by atoms with Crippen LogP contribution in [-0.2, 0) is 4.79 Å². The summed E-state index contributed by atoms with van der Waals surface area (Å²) in [4.78, 5) is 13.7. The smallest absolute Gasteiger partial charge is 0.247 e. The Morgan fingerprint density at radius 3 is 2.26 bits per heavy atom. The van der Waals surface area contributed by atoms with Gasteiger partial charge in [-0.1, -0.05) is 41.9 Å². The molecule has 2 N–H and O–H groups in total. The first-order valence-corrected chi connectivity index (χ1v) is 6.45. The lowest BCUT2D eigenvalue weighted by Gasteiger charge is -2.45. The molecule has 1 amide bonds. The molecule has 3 nitrogen and oxygen atoms in total. The van der Waals surface area contributed by atoms with Gasteiger partial charge in [0, 0.05) is 10.7 Å². The molecule has 0 aliphatic carbocycles. The average Bonchev–Trinajstić information content (AvgIpc) is 2.46. The predicted molar refractivity (Wildman–Crippen MR) is 76.1 cm³/mol. The second-order valence-electron chi connectivity index (χ2n) is 4.57. The molecule has 2 atom stereocenters. The van der Waals surface area contributed by atoms with Gasteiger partial charge in [0.2, 0.25) is 5.91 Å². The van der Waals surface area contributed by atoms with Gasteiger partial charge in [-0.25, -0.2) is 0 Å². The van der Waals surface area contributed by atoms with Crippen LogP contribution in [0.15, 0.2) is 54.6 Å². The number of carbonyl (C=O) groups is 1. The van der Waals surface area contributed by atoms with E-state index in [1.165, 1.54) is 0 Å². The van der Waals surface area contributed by atoms with E-state index in [-0.39, 0.29) is 11.9 Å². The van der Waals surface area contributed by atoms with E-state index in [2.05, 4.69) is 0 Å². The van der Waals surface area contributed by atoms with E-state index in [9.17, 15) is 4.79 Å². The van der Waals surface area contributed by atoms with Crippen molar-refractivity contribution in [2.75, 3.05) is 4.90 Å². The summed E-state index contributed by atoms with van der Waals surface area (Å²) in [6.45, 7) is 0. The Bertz CT molecular complexity index is 597. The number of para-hydroxylation sites is 1. The first kappa shape index (κ1) is 12.2. The maximum Gasteiger partial charge on any atom is 0.247 e. The van der Waals surface area contributed by atoms with Gasteiger partial charge in [0.25, 0.3) is 0 Å². The number of β-lactam (4-membered cyclic amide) rings is 1. The molecule has 0 radical (unpaired) electrons. The highest BCUT2D eigenvalue weighted by Crippen LogP contribution is 2.38. The summed E-state index contributed by atoms with van der Waals surface area (Å²) in [5, 5.41) is 0.675. The topological polar surface area (TPSA) is 46.3 Å². The monoisotopic (exact) mass is 272 g/mol. The standard InChI is InChI=1S/C15H13ClN2O/c16-11-8-6-10(7-9-11)14-13(17)15(19)18(14)12-4-2-1-3-5-12/h1-9,13-14H,17H2. The van der Waals surface area contributed by atoms with Gasteiger partial charge >= 0.3 is 0 Å². The summed E-state index contributed by atoms with van der Waals surface area (Å²) in [7, 11) is 0. The van der Waals surface area contributed by atoms with Crippen molar-refractivity contribution in [2.45, 2.75) is 12.1 Å². The molecule has 4 heteroatoms. The molecule has 0 saturated carbocycles. The Kier molecular flexibility index (Phi) is 3.01. The van der Waals surface area contributed by atoms with Gasteiger partial charge in [0.15, 0.2) is 0 Å². The fourth-order valence-electron chi connectivity index (χ4n) is 2.40. The molecule has 96 valence electrons. The van der Waals surface area contributed by atoms with Crippen LogP contribution in [0.4, 0.5) is 5.69 Å². The molecule has 2 unspecified atom stereocenters. The van der Waals surface area contributed by atoms with Crippen molar-refractivity contribution in [3.8, 4) is 0 Å². The van der Waals surface area contributed by atoms with E-state index >= 15 is 0 Å². The van der Waals surface area contributed by atoms with Gasteiger partial charge < -0.3 is 10.6 Å². The Labute approximate surface area is 116 Å². The molecule has 1 heterocycles. The number of anilines is 1. The number of nitrogens with zero attached hydrogens (tertiary/aromatic N) is 1. The Morgan fingerprint density at radius 1 is 1.00 bits per heavy atom. The van der Waals surface area contributed by atoms with Gasteiger partial charge in [0.05, 0.1) is 6.04 Å². The molecule has 0 spiro atoms. The predicted octanol–water partition coefficient (Wildman–Crippen LogP) is 2.76. The fraction of sp³-hybridized carbons (Fsp3) is 0.133. The normalized spacial score (nSPS) is 22.2. The van der Waals surface area contributed by atoms with Crippen molar-refractivity contribution in [3.63, 3.8) is 0 Å². The summed E-state index contributed by atoms with van der Waals surface area (Å²) in [6, 6.07) is 16.4. The zero-order valence-electron chi connectivity index (χ0n) is 10.2. The molecule has 2 aromatic carbocycles. The van der Waals surface area contributed by atoms with E-state index in [0.29, 0.717) is 5.02 Å². The summed E-state index contributed by atoms with van der Waals surface area (Å²) in [5.41, 5.74) is 7.81. The van der Waals surface area contributed by atoms with Gasteiger partial charge in [0.1, 0.15) is 6.04 Å². The van der Waals surface area contributed by atoms with Crippen LogP contribution >= 0.6 is 11.6 Å². The van der Waals surface area contributed by atoms with Gasteiger partial charge in [-0.15, -0.1) is 0 Å². The molecule has 2 aromatic rings. The molecule has 0 bridgehead atoms. The van der Waals surface area contributed by atoms with Crippen LogP contribution in [0.1, 0.15) is 11.6 Å². The van der Waals surface area contributed by atoms with Gasteiger partial charge in [-0.2, -0.15) is 0 Å². The number of carbonyl (C=O) groups excluding carboxylic acids is 1. The summed E-state index contributed by atoms with van der Waals surface area (Å²) < 4.78 is 0. The number of nitrogens with two attached hydrogens (primary N) is 1. The molecule has 1 saturated heterocycles. The minimum absolute atomic E-state index is 0.0499. The summed E-state index contributed by atoms with van der Waals surface area (Å²) in [5.74, 6) is -0.0499. The molecular weight excluding hydrogens is 260 g/mol. The van der Waals surface area contributed by atoms with Crippen LogP contribution in [0.2, 0.25) is 5.02 Å². The van der Waals surface area contributed by atoms with Crippen molar-refractivity contribution in [3.05, 3.63) is 65.2 Å². The first-order chi connectivity index (χ1) is 9.18. The van der Waals surface area contributed by atoms with Crippen LogP contribution in [0.5, 0.6) is 0 Å². The van der Waals surface area contributed by atoms with Gasteiger partial charge in [-0.05, 0) is 29.8 Å². The van der Waals surface area contributed by atoms with Crippen molar-refractivity contribution in [1.82, 2.24) is 0 Å². The van der Waals surface area contributed by atoms with Gasteiger partial charge in [-0.3, -0.25) is 4.79 Å². The number of hydrogen-bond donors (Lipinski definition) is 1.